The first-order chi connectivity index (χ1) is 45.5. The predicted molar refractivity (Wildman–Crippen MR) is 352 cm³/mol. The van der Waals surface area contributed by atoms with Crippen LogP contribution < -0.4 is 26.5 Å². The van der Waals surface area contributed by atoms with Crippen LogP contribution in [0.3, 0.4) is 0 Å². The number of carbonyl (C=O) groups is 9. The van der Waals surface area contributed by atoms with E-state index in [1.807, 2.05) is 38.0 Å². The van der Waals surface area contributed by atoms with Crippen molar-refractivity contribution in [3.63, 3.8) is 0 Å². The van der Waals surface area contributed by atoms with Crippen LogP contribution in [0.15, 0.2) is 136 Å². The van der Waals surface area contributed by atoms with Crippen LogP contribution in [0, 0.1) is 16.7 Å². The number of nitrogens with zero attached hydrogens (tertiary/aromatic N) is 3. The highest BCUT2D eigenvalue weighted by Gasteiger charge is 2.78. The van der Waals surface area contributed by atoms with Crippen LogP contribution in [0.1, 0.15) is 92.3 Å². The van der Waals surface area contributed by atoms with Gasteiger partial charge in [-0.2, -0.15) is 0 Å². The topological polar surface area (TPSA) is 335 Å². The molecule has 1 saturated heterocycles. The Kier molecular flexibility index (Phi) is 23.2. The Balaban J connectivity index is 0.0000120. The zero-order chi connectivity index (χ0) is 69.6. The van der Waals surface area contributed by atoms with Crippen molar-refractivity contribution < 1.29 is 90.9 Å². The molecule has 5 N–H and O–H groups in total. The minimum absolute atomic E-state index is 0. The minimum Gasteiger partial charge on any atom is -0.455 e. The van der Waals surface area contributed by atoms with E-state index in [9.17, 15) is 48.6 Å². The zero-order valence-corrected chi connectivity index (χ0v) is 56.5. The molecule has 1 aliphatic heterocycles. The lowest BCUT2D eigenvalue weighted by Crippen LogP contribution is -2.82. The number of Topliss-reactive ketones (excluding diaryl/α,β-unsaturated/α-hetero) is 1. The number of amides is 3. The van der Waals surface area contributed by atoms with Crippen molar-refractivity contribution in [1.82, 2.24) is 25.8 Å². The first-order valence-corrected chi connectivity index (χ1v) is 31.5. The third-order valence-corrected chi connectivity index (χ3v) is 18.6. The lowest BCUT2D eigenvalue weighted by molar-refractivity contribution is -0.346. The van der Waals surface area contributed by atoms with Crippen molar-refractivity contribution in [1.29, 1.82) is 0 Å². The molecule has 520 valence electrons. The summed E-state index contributed by atoms with van der Waals surface area (Å²) in [5, 5.41) is 35.2. The van der Waals surface area contributed by atoms with Gasteiger partial charge in [-0.15, -0.1) is 12.4 Å². The molecule has 27 heteroatoms. The second kappa shape index (κ2) is 30.6. The van der Waals surface area contributed by atoms with Crippen molar-refractivity contribution in [3.8, 4) is 0 Å². The number of ether oxygens (including phenoxy) is 7. The molecule has 9 rings (SSSR count). The highest BCUT2D eigenvalue weighted by Crippen LogP contribution is 2.64. The first-order valence-electron chi connectivity index (χ1n) is 31.5. The largest absolute Gasteiger partial charge is 0.455 e. The maximum atomic E-state index is 16.0. The van der Waals surface area contributed by atoms with Crippen LogP contribution in [-0.2, 0) is 68.5 Å². The molecule has 0 unspecified atom stereocenters. The Morgan fingerprint density at radius 1 is 0.732 bits per heavy atom. The average molecular weight is 1360 g/mol. The van der Waals surface area contributed by atoms with E-state index in [-0.39, 0.29) is 82.7 Å². The lowest BCUT2D eigenvalue weighted by atomic mass is 9.44. The fourth-order valence-corrected chi connectivity index (χ4v) is 13.6. The van der Waals surface area contributed by atoms with Gasteiger partial charge in [0.05, 0.1) is 48.3 Å². The van der Waals surface area contributed by atoms with E-state index in [0.29, 0.717) is 37.3 Å². The number of rotatable bonds is 24. The number of aliphatic hydroxyl groups is 2. The number of benzene rings is 4. The van der Waals surface area contributed by atoms with Gasteiger partial charge in [-0.1, -0.05) is 80.6 Å². The number of hydrogen-bond acceptors (Lipinski definition) is 23. The van der Waals surface area contributed by atoms with Gasteiger partial charge in [0, 0.05) is 87.1 Å². The van der Waals surface area contributed by atoms with Gasteiger partial charge in [0.15, 0.2) is 17.5 Å². The average Bonchev–Trinajstić information content (AvgIpc) is 0.670. The SMILES string of the molecule is CC(=O)O[C@H]1C(=O)[C@@]2(C)[C@H]([C@H](OC(=O)c3ccccc3)[C@]3(O)C[C@H](OC(=O)[C@H](OC(=O)c4ccccc4)[C@@H](NC(=O)OCc4cc(=O)oc5cc(N(CC(=O)NCCN(C)C)CC(=O)NCCN(C)C)ccc45)c4ccccc4)C(C)=C1C3(C)C)[C@]1(OC(C)=O)CO[C@@H]1C[C@@H]2O.Cl. The number of ketones is 1. The fourth-order valence-electron chi connectivity index (χ4n) is 13.6. The van der Waals surface area contributed by atoms with Gasteiger partial charge in [0.1, 0.15) is 42.1 Å². The molecule has 4 aromatic carbocycles. The quantitative estimate of drug-likeness (QED) is 0.0240. The third-order valence-electron chi connectivity index (χ3n) is 18.6. The molecule has 2 heterocycles. The molecule has 97 heavy (non-hydrogen) atoms. The van der Waals surface area contributed by atoms with Crippen molar-refractivity contribution in [2.75, 3.05) is 79.0 Å². The van der Waals surface area contributed by atoms with E-state index < -0.39 is 138 Å². The summed E-state index contributed by atoms with van der Waals surface area (Å²) >= 11 is 0. The number of aliphatic hydroxyl groups excluding tert-OH is 1. The van der Waals surface area contributed by atoms with Crippen LogP contribution in [0.4, 0.5) is 10.5 Å². The molecule has 3 amide bonds. The molecule has 11 atom stereocenters. The summed E-state index contributed by atoms with van der Waals surface area (Å²) in [7, 11) is 7.44. The monoisotopic (exact) mass is 1360 g/mol. The number of alkyl carbamates (subject to hydrolysis) is 1. The molecule has 0 radical (unpaired) electrons. The number of fused-ring (bicyclic) bond motifs is 6. The summed E-state index contributed by atoms with van der Waals surface area (Å²) in [5.41, 5.74) is -8.69. The predicted octanol–water partition coefficient (Wildman–Crippen LogP) is 4.79. The van der Waals surface area contributed by atoms with Gasteiger partial charge < -0.3 is 78.4 Å². The molecule has 2 saturated carbocycles. The Labute approximate surface area is 566 Å². The van der Waals surface area contributed by atoms with Crippen molar-refractivity contribution >= 4 is 82.6 Å². The Hall–Kier alpha value is -9.05. The van der Waals surface area contributed by atoms with Crippen LogP contribution in [0.25, 0.3) is 11.0 Å². The number of esters is 5. The Morgan fingerprint density at radius 3 is 1.86 bits per heavy atom. The maximum absolute atomic E-state index is 16.0. The van der Waals surface area contributed by atoms with E-state index in [1.165, 1.54) is 75.1 Å². The van der Waals surface area contributed by atoms with Gasteiger partial charge in [0.2, 0.25) is 17.9 Å². The Bertz CT molecular complexity index is 3820. The molecule has 5 aromatic rings. The number of anilines is 1. The molecule has 26 nitrogen and oxygen atoms in total. The third kappa shape index (κ3) is 15.7. The van der Waals surface area contributed by atoms with Crippen LogP contribution in [-0.4, -0.2) is 195 Å². The summed E-state index contributed by atoms with van der Waals surface area (Å²) in [4.78, 5) is 147. The van der Waals surface area contributed by atoms with Gasteiger partial charge in [-0.05, 0) is 95.1 Å². The number of carbonyl (C=O) groups excluding carboxylic acids is 9. The second-order valence-corrected chi connectivity index (χ2v) is 25.9. The molecular weight excluding hydrogens is 1280 g/mol. The first kappa shape index (κ1) is 73.8. The minimum atomic E-state index is -2.56. The molecule has 1 aromatic heterocycles. The molecule has 3 aliphatic carbocycles. The fraction of sp³-hybridized carbons (Fsp3) is 0.457. The maximum Gasteiger partial charge on any atom is 0.408 e. The number of halogens is 1. The van der Waals surface area contributed by atoms with Gasteiger partial charge >= 0.3 is 41.6 Å². The summed E-state index contributed by atoms with van der Waals surface area (Å²) in [6, 6.07) is 27.2. The molecule has 3 fully saturated rings. The molecule has 4 aliphatic rings. The van der Waals surface area contributed by atoms with E-state index in [0.717, 1.165) is 19.9 Å². The number of likely N-dealkylation sites (N-methyl/N-ethyl adjacent to an activating group) is 2. The number of hydrogen-bond donors (Lipinski definition) is 5. The lowest BCUT2D eigenvalue weighted by Gasteiger charge is -2.67. The van der Waals surface area contributed by atoms with Gasteiger partial charge in [-0.3, -0.25) is 24.0 Å². The smallest absolute Gasteiger partial charge is 0.408 e. The van der Waals surface area contributed by atoms with Crippen LogP contribution in [0.5, 0.6) is 0 Å². The Morgan fingerprint density at radius 2 is 1.31 bits per heavy atom. The number of nitrogens with one attached hydrogen (secondary N) is 3. The summed E-state index contributed by atoms with van der Waals surface area (Å²) in [6.07, 6.45) is -12.7. The zero-order valence-electron chi connectivity index (χ0n) is 55.7. The van der Waals surface area contributed by atoms with E-state index in [1.54, 1.807) is 66.7 Å². The van der Waals surface area contributed by atoms with Crippen molar-refractivity contribution in [3.05, 3.63) is 159 Å². The van der Waals surface area contributed by atoms with Crippen molar-refractivity contribution in [2.24, 2.45) is 16.7 Å². The van der Waals surface area contributed by atoms with E-state index in [4.69, 9.17) is 37.6 Å². The van der Waals surface area contributed by atoms with Crippen LogP contribution >= 0.6 is 12.4 Å². The van der Waals surface area contributed by atoms with Crippen molar-refractivity contribution in [2.45, 2.75) is 115 Å². The molecule has 2 bridgehead atoms. The van der Waals surface area contributed by atoms with E-state index >= 15 is 9.59 Å². The van der Waals surface area contributed by atoms with Gasteiger partial charge in [0.25, 0.3) is 0 Å². The van der Waals surface area contributed by atoms with Gasteiger partial charge in [-0.25, -0.2) is 24.0 Å². The molecular formula is C70H83ClN6O20. The second-order valence-electron chi connectivity index (χ2n) is 25.9. The standard InChI is InChI=1S/C70H82N6O20.ClH/c1-40-50(35-70(88)62(95-64(85)45-24-18-13-19-25-45)60-68(6,51(79)34-52-69(60,39-90-52)96-42(3)78)61(83)58(91-41(2)77)56(40)67(70,4)5)93-65(86)59(94-63(84)44-22-16-12-17-23-44)57(43-20-14-11-15-21-43)73-66(87)89-38-46-32-55(82)92-49-33-47(26-27-48(46)49)76(36-53(80)71-28-30-74(7)8)37-54(81)72-29-31-75(9)10;/h11-27,32-33,50-52,57-60,62,79,88H,28-31,34-39H2,1-10H3,(H,71,80)(H,72,81)(H,73,87);1H/t50-,51-,52+,57-,58+,59+,60-,62-,68+,69-,70+;/m0./s1. The summed E-state index contributed by atoms with van der Waals surface area (Å²) in [5.74, 6) is -8.59. The summed E-state index contributed by atoms with van der Waals surface area (Å²) in [6.45, 7) is 8.37. The molecule has 0 spiro atoms. The highest BCUT2D eigenvalue weighted by molar-refractivity contribution is 5.96. The van der Waals surface area contributed by atoms with E-state index in [2.05, 4.69) is 16.0 Å². The normalized spacial score (nSPS) is 24.4. The summed E-state index contributed by atoms with van der Waals surface area (Å²) < 4.78 is 48.7. The highest BCUT2D eigenvalue weighted by atomic mass is 35.5. The van der Waals surface area contributed by atoms with Crippen LogP contribution in [0.2, 0.25) is 0 Å².